The van der Waals surface area contributed by atoms with Gasteiger partial charge in [0, 0.05) is 0 Å². The molecule has 2 N–H and O–H groups in total. The van der Waals surface area contributed by atoms with Gasteiger partial charge in [-0.3, -0.25) is 9.32 Å². The SMILES string of the molecule is [NH]P(=O)(O)OCOC(=O)Cc1ccccc1. The number of esters is 1. The van der Waals surface area contributed by atoms with Crippen molar-refractivity contribution in [1.82, 2.24) is 5.50 Å². The molecule has 16 heavy (non-hydrogen) atoms. The third kappa shape index (κ3) is 5.63. The molecule has 1 aromatic carbocycles. The summed E-state index contributed by atoms with van der Waals surface area (Å²) in [4.78, 5) is 19.6. The van der Waals surface area contributed by atoms with Crippen LogP contribution in [0.15, 0.2) is 30.3 Å². The summed E-state index contributed by atoms with van der Waals surface area (Å²) in [6.07, 6.45) is 0.0535. The Balaban J connectivity index is 2.30. The van der Waals surface area contributed by atoms with Crippen molar-refractivity contribution in [3.05, 3.63) is 35.9 Å². The Morgan fingerprint density at radius 2 is 2.00 bits per heavy atom. The van der Waals surface area contributed by atoms with Crippen LogP contribution < -0.4 is 5.50 Å². The quantitative estimate of drug-likeness (QED) is 0.475. The van der Waals surface area contributed by atoms with Crippen LogP contribution in [-0.4, -0.2) is 17.7 Å². The summed E-state index contributed by atoms with van der Waals surface area (Å²) < 4.78 is 18.9. The van der Waals surface area contributed by atoms with Gasteiger partial charge in [-0.25, -0.2) is 4.57 Å². The molecular weight excluding hydrogens is 233 g/mol. The van der Waals surface area contributed by atoms with Gasteiger partial charge < -0.3 is 9.63 Å². The summed E-state index contributed by atoms with van der Waals surface area (Å²) in [6, 6.07) is 8.89. The van der Waals surface area contributed by atoms with E-state index in [1.54, 1.807) is 24.3 Å². The zero-order valence-electron chi connectivity index (χ0n) is 8.33. The molecule has 0 spiro atoms. The number of rotatable bonds is 5. The minimum absolute atomic E-state index is 0.0535. The Bertz CT molecular complexity index is 388. The van der Waals surface area contributed by atoms with Crippen LogP contribution in [0.2, 0.25) is 0 Å². The van der Waals surface area contributed by atoms with Crippen LogP contribution in [0, 0.1) is 0 Å². The normalized spacial score (nSPS) is 14.1. The van der Waals surface area contributed by atoms with Crippen molar-refractivity contribution in [2.45, 2.75) is 6.42 Å². The Morgan fingerprint density at radius 1 is 1.38 bits per heavy atom. The van der Waals surface area contributed by atoms with E-state index in [0.717, 1.165) is 5.56 Å². The van der Waals surface area contributed by atoms with Crippen LogP contribution in [0.1, 0.15) is 5.56 Å². The smallest absolute Gasteiger partial charge is 0.419 e. The van der Waals surface area contributed by atoms with Gasteiger partial charge in [0.15, 0.2) is 0 Å². The minimum Gasteiger partial charge on any atom is -0.438 e. The van der Waals surface area contributed by atoms with Gasteiger partial charge in [-0.05, 0) is 5.56 Å². The maximum atomic E-state index is 11.2. The number of ether oxygens (including phenoxy) is 1. The molecule has 0 aliphatic rings. The molecule has 6 nitrogen and oxygen atoms in total. The van der Waals surface area contributed by atoms with Crippen LogP contribution in [0.3, 0.4) is 0 Å². The molecule has 1 rings (SSSR count). The lowest BCUT2D eigenvalue weighted by Crippen LogP contribution is -2.10. The Kier molecular flexibility index (Phi) is 4.64. The van der Waals surface area contributed by atoms with E-state index < -0.39 is 20.5 Å². The topological polar surface area (TPSA) is 96.6 Å². The summed E-state index contributed by atoms with van der Waals surface area (Å²) in [7, 11) is -4.33. The van der Waals surface area contributed by atoms with Crippen molar-refractivity contribution in [2.75, 3.05) is 6.79 Å². The molecule has 1 aromatic rings. The van der Waals surface area contributed by atoms with E-state index in [9.17, 15) is 9.36 Å². The van der Waals surface area contributed by atoms with Gasteiger partial charge in [0.1, 0.15) is 0 Å². The highest BCUT2D eigenvalue weighted by atomic mass is 31.2. The molecule has 0 saturated carbocycles. The average molecular weight is 244 g/mol. The summed E-state index contributed by atoms with van der Waals surface area (Å²) in [5, 5.41) is 0. The highest BCUT2D eigenvalue weighted by Gasteiger charge is 2.13. The second kappa shape index (κ2) is 5.77. The monoisotopic (exact) mass is 244 g/mol. The molecule has 87 valence electrons. The van der Waals surface area contributed by atoms with Crippen LogP contribution in [0.4, 0.5) is 0 Å². The molecule has 7 heteroatoms. The van der Waals surface area contributed by atoms with E-state index in [4.69, 9.17) is 10.4 Å². The van der Waals surface area contributed by atoms with Crippen molar-refractivity contribution in [2.24, 2.45) is 0 Å². The number of hydrogen-bond acceptors (Lipinski definition) is 4. The summed E-state index contributed by atoms with van der Waals surface area (Å²) in [5.74, 6) is -0.584. The Labute approximate surface area is 92.6 Å². The predicted octanol–water partition coefficient (Wildman–Crippen LogP) is 1.13. The first-order valence-electron chi connectivity index (χ1n) is 4.39. The fraction of sp³-hybridized carbons (Fsp3) is 0.222. The molecule has 0 saturated heterocycles. The molecule has 1 radical (unpaired) electrons. The summed E-state index contributed by atoms with van der Waals surface area (Å²) >= 11 is 0. The molecule has 0 aliphatic heterocycles. The van der Waals surface area contributed by atoms with Crippen LogP contribution >= 0.6 is 7.75 Å². The van der Waals surface area contributed by atoms with Gasteiger partial charge >= 0.3 is 13.7 Å². The van der Waals surface area contributed by atoms with Crippen molar-refractivity contribution in [3.8, 4) is 0 Å². The van der Waals surface area contributed by atoms with E-state index in [0.29, 0.717) is 0 Å². The fourth-order valence-corrected chi connectivity index (χ4v) is 1.17. The summed E-state index contributed by atoms with van der Waals surface area (Å²) in [5.41, 5.74) is 7.26. The van der Waals surface area contributed by atoms with Gasteiger partial charge in [0.05, 0.1) is 6.42 Å². The predicted molar refractivity (Wildman–Crippen MR) is 55.1 cm³/mol. The van der Waals surface area contributed by atoms with Gasteiger partial charge in [-0.2, -0.15) is 0 Å². The van der Waals surface area contributed by atoms with Gasteiger partial charge in [-0.1, -0.05) is 30.3 Å². The molecule has 0 bridgehead atoms. The maximum absolute atomic E-state index is 11.2. The third-order valence-corrected chi connectivity index (χ3v) is 2.09. The van der Waals surface area contributed by atoms with Crippen molar-refractivity contribution in [3.63, 3.8) is 0 Å². The fourth-order valence-electron chi connectivity index (χ4n) is 0.977. The molecule has 0 heterocycles. The number of nitrogens with one attached hydrogen (secondary N) is 1. The Hall–Kier alpha value is -1.20. The largest absolute Gasteiger partial charge is 0.438 e. The second-order valence-corrected chi connectivity index (χ2v) is 4.25. The maximum Gasteiger partial charge on any atom is 0.419 e. The molecule has 0 amide bonds. The Morgan fingerprint density at radius 3 is 2.56 bits per heavy atom. The number of benzene rings is 1. The molecular formula is C9H11NO5P. The molecule has 1 atom stereocenters. The van der Waals surface area contributed by atoms with E-state index in [2.05, 4.69) is 9.26 Å². The van der Waals surface area contributed by atoms with Gasteiger partial charge in [0.2, 0.25) is 6.79 Å². The van der Waals surface area contributed by atoms with Crippen LogP contribution in [0.5, 0.6) is 0 Å². The molecule has 0 aromatic heterocycles. The first kappa shape index (κ1) is 12.9. The standard InChI is InChI=1S/C9H11NO5P/c10-16(12,13)15-7-14-9(11)6-8-4-2-1-3-5-8/h1-5,10H,6-7H2,(H,12,13). The molecule has 0 aliphatic carbocycles. The van der Waals surface area contributed by atoms with E-state index in [-0.39, 0.29) is 6.42 Å². The number of carbonyl (C=O) groups is 1. The zero-order chi connectivity index (χ0) is 12.0. The highest BCUT2D eigenvalue weighted by molar-refractivity contribution is 7.49. The van der Waals surface area contributed by atoms with Crippen LogP contribution in [0.25, 0.3) is 0 Å². The van der Waals surface area contributed by atoms with E-state index >= 15 is 0 Å². The van der Waals surface area contributed by atoms with E-state index in [1.165, 1.54) is 0 Å². The number of carbonyl (C=O) groups excluding carboxylic acids is 1. The molecule has 1 unspecified atom stereocenters. The van der Waals surface area contributed by atoms with Gasteiger partial charge in [-0.15, -0.1) is 5.50 Å². The lowest BCUT2D eigenvalue weighted by molar-refractivity contribution is -0.149. The minimum atomic E-state index is -4.33. The molecule has 0 fully saturated rings. The van der Waals surface area contributed by atoms with Gasteiger partial charge in [0.25, 0.3) is 0 Å². The summed E-state index contributed by atoms with van der Waals surface area (Å²) in [6.45, 7) is -0.692. The lowest BCUT2D eigenvalue weighted by Gasteiger charge is -2.06. The van der Waals surface area contributed by atoms with Crippen molar-refractivity contribution < 1.29 is 23.5 Å². The average Bonchev–Trinajstić information content (AvgIpc) is 2.17. The zero-order valence-corrected chi connectivity index (χ0v) is 9.22. The third-order valence-electron chi connectivity index (χ3n) is 1.64. The first-order valence-corrected chi connectivity index (χ1v) is 5.97. The number of hydrogen-bond donors (Lipinski definition) is 1. The van der Waals surface area contributed by atoms with Crippen LogP contribution in [-0.2, 0) is 25.0 Å². The van der Waals surface area contributed by atoms with Crippen molar-refractivity contribution in [1.29, 1.82) is 0 Å². The lowest BCUT2D eigenvalue weighted by atomic mass is 10.2. The van der Waals surface area contributed by atoms with Crippen molar-refractivity contribution >= 4 is 13.7 Å². The van der Waals surface area contributed by atoms with E-state index in [1.807, 2.05) is 6.07 Å². The highest BCUT2D eigenvalue weighted by Crippen LogP contribution is 2.33. The first-order chi connectivity index (χ1) is 7.47. The second-order valence-electron chi connectivity index (χ2n) is 2.95.